The largest absolute Gasteiger partial charge is 0.264 e. The van der Waals surface area contributed by atoms with Crippen molar-refractivity contribution in [1.29, 1.82) is 0 Å². The average Bonchev–Trinajstić information content (AvgIpc) is 2.67. The van der Waals surface area contributed by atoms with Gasteiger partial charge in [-0.1, -0.05) is 60.7 Å². The number of rotatable bonds is 8. The highest BCUT2D eigenvalue weighted by Crippen LogP contribution is 2.27. The molecule has 1 atom stereocenters. The van der Waals surface area contributed by atoms with Gasteiger partial charge in [-0.2, -0.15) is 0 Å². The highest BCUT2D eigenvalue weighted by atomic mass is 14.6. The van der Waals surface area contributed by atoms with Crippen molar-refractivity contribution in [2.45, 2.75) is 38.0 Å². The SMILES string of the molecule is [c]1ccc(CCC(CCCc2ccccc2)c2cccnc2)cc1. The van der Waals surface area contributed by atoms with E-state index in [1.165, 1.54) is 36.0 Å². The third kappa shape index (κ3) is 5.06. The van der Waals surface area contributed by atoms with Crippen molar-refractivity contribution in [3.05, 3.63) is 102 Å². The summed E-state index contributed by atoms with van der Waals surface area (Å²) in [5.41, 5.74) is 4.19. The molecule has 3 aromatic rings. The van der Waals surface area contributed by atoms with Gasteiger partial charge in [0.1, 0.15) is 0 Å². The first-order chi connectivity index (χ1) is 11.9. The van der Waals surface area contributed by atoms with E-state index in [1.54, 1.807) is 0 Å². The Bertz CT molecular complexity index is 692. The third-order valence-corrected chi connectivity index (χ3v) is 4.59. The average molecular weight is 314 g/mol. The number of aryl methyl sites for hydroxylation is 2. The smallest absolute Gasteiger partial charge is 0.0302 e. The molecule has 0 spiro atoms. The zero-order valence-corrected chi connectivity index (χ0v) is 14.1. The molecule has 0 aliphatic rings. The Hall–Kier alpha value is -2.41. The van der Waals surface area contributed by atoms with Gasteiger partial charge in [0.15, 0.2) is 0 Å². The van der Waals surface area contributed by atoms with E-state index in [-0.39, 0.29) is 0 Å². The zero-order valence-electron chi connectivity index (χ0n) is 14.1. The maximum Gasteiger partial charge on any atom is 0.0302 e. The molecule has 3 rings (SSSR count). The Labute approximate surface area is 145 Å². The standard InChI is InChI=1S/C23H24N/c1-3-9-20(10-4-1)13-7-14-22(23-15-8-18-24-19-23)17-16-21-11-5-2-6-12-21/h1,3-6,8-12,15,18-19,22H,7,13-14,16-17H2. The number of nitrogens with zero attached hydrogens (tertiary/aromatic N) is 1. The molecule has 0 amide bonds. The van der Waals surface area contributed by atoms with Gasteiger partial charge in [-0.3, -0.25) is 4.98 Å². The Balaban J connectivity index is 1.59. The van der Waals surface area contributed by atoms with Gasteiger partial charge < -0.3 is 0 Å². The van der Waals surface area contributed by atoms with Crippen LogP contribution in [0.2, 0.25) is 0 Å². The van der Waals surface area contributed by atoms with Crippen molar-refractivity contribution < 1.29 is 0 Å². The minimum absolute atomic E-state index is 0.576. The van der Waals surface area contributed by atoms with Crippen LogP contribution in [-0.2, 0) is 12.8 Å². The minimum Gasteiger partial charge on any atom is -0.264 e. The van der Waals surface area contributed by atoms with Crippen LogP contribution in [0, 0.1) is 6.07 Å². The molecule has 2 aromatic carbocycles. The Morgan fingerprint density at radius 1 is 0.792 bits per heavy atom. The van der Waals surface area contributed by atoms with Gasteiger partial charge >= 0.3 is 0 Å². The summed E-state index contributed by atoms with van der Waals surface area (Å²) in [7, 11) is 0. The number of aromatic nitrogens is 1. The van der Waals surface area contributed by atoms with E-state index >= 15 is 0 Å². The topological polar surface area (TPSA) is 12.9 Å². The molecule has 1 heterocycles. The van der Waals surface area contributed by atoms with E-state index in [0.29, 0.717) is 5.92 Å². The summed E-state index contributed by atoms with van der Waals surface area (Å²) < 4.78 is 0. The first-order valence-corrected chi connectivity index (χ1v) is 8.80. The summed E-state index contributed by atoms with van der Waals surface area (Å²) in [5.74, 6) is 0.576. The first kappa shape index (κ1) is 16.4. The molecule has 1 nitrogen and oxygen atoms in total. The molecule has 0 saturated carbocycles. The second-order valence-corrected chi connectivity index (χ2v) is 6.31. The van der Waals surface area contributed by atoms with Crippen molar-refractivity contribution in [2.75, 3.05) is 0 Å². The van der Waals surface area contributed by atoms with Crippen molar-refractivity contribution in [3.63, 3.8) is 0 Å². The predicted octanol–water partition coefficient (Wildman–Crippen LogP) is 5.62. The Morgan fingerprint density at radius 3 is 2.33 bits per heavy atom. The van der Waals surface area contributed by atoms with Gasteiger partial charge in [-0.05, 0) is 66.8 Å². The lowest BCUT2D eigenvalue weighted by atomic mass is 9.88. The molecule has 0 aliphatic heterocycles. The molecule has 0 saturated heterocycles. The van der Waals surface area contributed by atoms with Crippen LogP contribution in [-0.4, -0.2) is 4.98 Å². The summed E-state index contributed by atoms with van der Waals surface area (Å²) in [6.45, 7) is 0. The van der Waals surface area contributed by atoms with E-state index in [1.807, 2.05) is 24.5 Å². The highest BCUT2D eigenvalue weighted by Gasteiger charge is 2.12. The molecule has 0 N–H and O–H groups in total. The Kier molecular flexibility index (Phi) is 6.18. The first-order valence-electron chi connectivity index (χ1n) is 8.80. The lowest BCUT2D eigenvalue weighted by molar-refractivity contribution is 0.551. The van der Waals surface area contributed by atoms with Crippen LogP contribution in [0.5, 0.6) is 0 Å². The van der Waals surface area contributed by atoms with Gasteiger partial charge in [0.25, 0.3) is 0 Å². The molecule has 0 fully saturated rings. The maximum atomic E-state index is 4.32. The van der Waals surface area contributed by atoms with Crippen LogP contribution in [0.4, 0.5) is 0 Å². The Morgan fingerprint density at radius 2 is 1.58 bits per heavy atom. The van der Waals surface area contributed by atoms with Crippen LogP contribution in [0.1, 0.15) is 41.9 Å². The number of benzene rings is 2. The summed E-state index contributed by atoms with van der Waals surface area (Å²) >= 11 is 0. The van der Waals surface area contributed by atoms with Gasteiger partial charge in [0.05, 0.1) is 0 Å². The molecule has 1 heteroatoms. The van der Waals surface area contributed by atoms with Crippen LogP contribution < -0.4 is 0 Å². The van der Waals surface area contributed by atoms with E-state index < -0.39 is 0 Å². The van der Waals surface area contributed by atoms with Gasteiger partial charge in [-0.15, -0.1) is 0 Å². The van der Waals surface area contributed by atoms with E-state index in [2.05, 4.69) is 65.6 Å². The molecule has 1 radical (unpaired) electrons. The molecule has 0 bridgehead atoms. The monoisotopic (exact) mass is 314 g/mol. The van der Waals surface area contributed by atoms with Crippen LogP contribution in [0.3, 0.4) is 0 Å². The van der Waals surface area contributed by atoms with Gasteiger partial charge in [-0.25, -0.2) is 0 Å². The molecule has 1 aromatic heterocycles. The summed E-state index contributed by atoms with van der Waals surface area (Å²) in [4.78, 5) is 4.32. The van der Waals surface area contributed by atoms with Crippen LogP contribution in [0.25, 0.3) is 0 Å². The zero-order chi connectivity index (χ0) is 16.5. The number of hydrogen-bond acceptors (Lipinski definition) is 1. The van der Waals surface area contributed by atoms with E-state index in [0.717, 1.165) is 12.8 Å². The lowest BCUT2D eigenvalue weighted by Crippen LogP contribution is -2.03. The lowest BCUT2D eigenvalue weighted by Gasteiger charge is -2.17. The van der Waals surface area contributed by atoms with Crippen molar-refractivity contribution in [2.24, 2.45) is 0 Å². The van der Waals surface area contributed by atoms with E-state index in [4.69, 9.17) is 0 Å². The van der Waals surface area contributed by atoms with Gasteiger partial charge in [0, 0.05) is 12.4 Å². The maximum absolute atomic E-state index is 4.32. The second kappa shape index (κ2) is 9.02. The van der Waals surface area contributed by atoms with E-state index in [9.17, 15) is 0 Å². The molecule has 24 heavy (non-hydrogen) atoms. The third-order valence-electron chi connectivity index (χ3n) is 4.59. The summed E-state index contributed by atoms with van der Waals surface area (Å²) in [6.07, 6.45) is 9.75. The molecule has 121 valence electrons. The fraction of sp³-hybridized carbons (Fsp3) is 0.261. The molecular weight excluding hydrogens is 290 g/mol. The quantitative estimate of drug-likeness (QED) is 0.526. The fourth-order valence-corrected chi connectivity index (χ4v) is 3.22. The molecular formula is C23H24N. The molecule has 0 aliphatic carbocycles. The normalized spacial score (nSPS) is 12.0. The van der Waals surface area contributed by atoms with Crippen LogP contribution in [0.15, 0.2) is 79.1 Å². The van der Waals surface area contributed by atoms with Crippen molar-refractivity contribution >= 4 is 0 Å². The molecule has 1 unspecified atom stereocenters. The van der Waals surface area contributed by atoms with Crippen molar-refractivity contribution in [1.82, 2.24) is 4.98 Å². The van der Waals surface area contributed by atoms with Crippen LogP contribution >= 0.6 is 0 Å². The fourth-order valence-electron chi connectivity index (χ4n) is 3.22. The highest BCUT2D eigenvalue weighted by molar-refractivity contribution is 5.19. The summed E-state index contributed by atoms with van der Waals surface area (Å²) in [6, 6.07) is 26.5. The predicted molar refractivity (Wildman–Crippen MR) is 100.0 cm³/mol. The minimum atomic E-state index is 0.576. The van der Waals surface area contributed by atoms with Crippen molar-refractivity contribution in [3.8, 4) is 0 Å². The summed E-state index contributed by atoms with van der Waals surface area (Å²) in [5, 5.41) is 0. The number of hydrogen-bond donors (Lipinski definition) is 0. The van der Waals surface area contributed by atoms with Gasteiger partial charge in [0.2, 0.25) is 0 Å². The number of pyridine rings is 1. The second-order valence-electron chi connectivity index (χ2n) is 6.31.